The zero-order valence-corrected chi connectivity index (χ0v) is 20.2. The Hall–Kier alpha value is -3.03. The average molecular weight is 465 g/mol. The minimum Gasteiger partial charge on any atom is -0.486 e. The lowest BCUT2D eigenvalue weighted by Crippen LogP contribution is -2.33. The highest BCUT2D eigenvalue weighted by molar-refractivity contribution is 7.59. The molecule has 174 valence electrons. The van der Waals surface area contributed by atoms with Crippen LogP contribution in [0.2, 0.25) is 0 Å². The summed E-state index contributed by atoms with van der Waals surface area (Å²) in [7, 11) is 3.96. The fourth-order valence-electron chi connectivity index (χ4n) is 3.99. The standard InChI is InChI=1S/C26H30N4O2.H2S/c1-27-14-13-25(21-6-4-3-5-7-21)32-22-10-8-20(9-11-22)19-30-17-16-29(2)24-12-15-28-18-23(24)26(30)31;/h3-12,15,18,25,27H,13-14,16-17,19H2,1-2H3;1H2/t25-;/m0./s1. The van der Waals surface area contributed by atoms with E-state index in [1.165, 1.54) is 5.56 Å². The van der Waals surface area contributed by atoms with Gasteiger partial charge in [0.1, 0.15) is 11.9 Å². The van der Waals surface area contributed by atoms with E-state index in [1.54, 1.807) is 12.4 Å². The van der Waals surface area contributed by atoms with Crippen LogP contribution in [0.15, 0.2) is 73.1 Å². The third-order valence-electron chi connectivity index (χ3n) is 5.84. The number of likely N-dealkylation sites (N-methyl/N-ethyl adjacent to an activating group) is 1. The molecule has 6 nitrogen and oxygen atoms in total. The molecule has 0 saturated carbocycles. The summed E-state index contributed by atoms with van der Waals surface area (Å²) in [5, 5.41) is 3.20. The molecule has 0 unspecified atom stereocenters. The van der Waals surface area contributed by atoms with Crippen LogP contribution < -0.4 is 15.0 Å². The van der Waals surface area contributed by atoms with E-state index in [2.05, 4.69) is 27.3 Å². The Bertz CT molecular complexity index is 1030. The molecule has 2 aromatic carbocycles. The van der Waals surface area contributed by atoms with Crippen molar-refractivity contribution in [2.24, 2.45) is 0 Å². The van der Waals surface area contributed by atoms with Crippen molar-refractivity contribution in [2.75, 3.05) is 38.6 Å². The van der Waals surface area contributed by atoms with Crippen LogP contribution in [-0.4, -0.2) is 49.5 Å². The van der Waals surface area contributed by atoms with Gasteiger partial charge in [0.15, 0.2) is 0 Å². The van der Waals surface area contributed by atoms with Crippen molar-refractivity contribution >= 4 is 25.1 Å². The predicted molar refractivity (Wildman–Crippen MR) is 137 cm³/mol. The molecule has 1 N–H and O–H groups in total. The number of pyridine rings is 1. The largest absolute Gasteiger partial charge is 0.486 e. The number of ether oxygens (including phenoxy) is 1. The molecule has 1 aliphatic rings. The van der Waals surface area contributed by atoms with Crippen LogP contribution in [-0.2, 0) is 6.54 Å². The summed E-state index contributed by atoms with van der Waals surface area (Å²) in [6.07, 6.45) is 4.27. The number of rotatable bonds is 8. The van der Waals surface area contributed by atoms with Gasteiger partial charge in [-0.15, -0.1) is 0 Å². The SMILES string of the molecule is CNCC[C@H](Oc1ccc(CN2CCN(C)c3ccncc3C2=O)cc1)c1ccccc1.S. The molecule has 0 spiro atoms. The normalized spacial score (nSPS) is 14.2. The Labute approximate surface area is 203 Å². The number of fused-ring (bicyclic) bond motifs is 1. The highest BCUT2D eigenvalue weighted by Gasteiger charge is 2.25. The van der Waals surface area contributed by atoms with Crippen molar-refractivity contribution in [1.29, 1.82) is 0 Å². The fraction of sp³-hybridized carbons (Fsp3) is 0.308. The molecule has 4 rings (SSSR count). The molecule has 2 heterocycles. The van der Waals surface area contributed by atoms with E-state index >= 15 is 0 Å². The van der Waals surface area contributed by atoms with Crippen LogP contribution in [0, 0.1) is 0 Å². The molecule has 0 aliphatic carbocycles. The van der Waals surface area contributed by atoms with Gasteiger partial charge in [0, 0.05) is 45.5 Å². The summed E-state index contributed by atoms with van der Waals surface area (Å²) in [4.78, 5) is 21.2. The van der Waals surface area contributed by atoms with Gasteiger partial charge >= 0.3 is 0 Å². The molecule has 33 heavy (non-hydrogen) atoms. The monoisotopic (exact) mass is 464 g/mol. The number of carbonyl (C=O) groups is 1. The van der Waals surface area contributed by atoms with Crippen LogP contribution in [0.3, 0.4) is 0 Å². The zero-order chi connectivity index (χ0) is 22.3. The van der Waals surface area contributed by atoms with Crippen molar-refractivity contribution in [1.82, 2.24) is 15.2 Å². The summed E-state index contributed by atoms with van der Waals surface area (Å²) in [5.74, 6) is 0.851. The summed E-state index contributed by atoms with van der Waals surface area (Å²) >= 11 is 0. The summed E-state index contributed by atoms with van der Waals surface area (Å²) < 4.78 is 6.31. The van der Waals surface area contributed by atoms with Crippen LogP contribution >= 0.6 is 13.5 Å². The van der Waals surface area contributed by atoms with E-state index in [9.17, 15) is 4.79 Å². The number of aromatic nitrogens is 1. The smallest absolute Gasteiger partial charge is 0.257 e. The van der Waals surface area contributed by atoms with E-state index in [4.69, 9.17) is 4.74 Å². The molecular weight excluding hydrogens is 432 g/mol. The Balaban J connectivity index is 0.00000306. The van der Waals surface area contributed by atoms with Crippen LogP contribution in [0.1, 0.15) is 34.0 Å². The number of carbonyl (C=O) groups excluding carboxylic acids is 1. The molecule has 0 radical (unpaired) electrons. The van der Waals surface area contributed by atoms with Gasteiger partial charge in [-0.05, 0) is 42.9 Å². The quantitative estimate of drug-likeness (QED) is 0.546. The van der Waals surface area contributed by atoms with Crippen molar-refractivity contribution in [3.05, 3.63) is 89.7 Å². The first-order valence-corrected chi connectivity index (χ1v) is 11.1. The minimum atomic E-state index is -0.0128. The first-order chi connectivity index (χ1) is 15.7. The van der Waals surface area contributed by atoms with E-state index in [0.29, 0.717) is 18.7 Å². The van der Waals surface area contributed by atoms with Crippen LogP contribution in [0.25, 0.3) is 0 Å². The third kappa shape index (κ3) is 6.06. The third-order valence-corrected chi connectivity index (χ3v) is 5.84. The number of amides is 1. The zero-order valence-electron chi connectivity index (χ0n) is 19.2. The second-order valence-electron chi connectivity index (χ2n) is 8.09. The Morgan fingerprint density at radius 2 is 1.82 bits per heavy atom. The van der Waals surface area contributed by atoms with E-state index in [1.807, 2.05) is 67.5 Å². The maximum Gasteiger partial charge on any atom is 0.257 e. The van der Waals surface area contributed by atoms with Gasteiger partial charge in [-0.3, -0.25) is 9.78 Å². The Kier molecular flexibility index (Phi) is 8.74. The van der Waals surface area contributed by atoms with Gasteiger partial charge < -0.3 is 19.9 Å². The highest BCUT2D eigenvalue weighted by atomic mass is 32.1. The summed E-state index contributed by atoms with van der Waals surface area (Å²) in [6.45, 7) is 2.89. The lowest BCUT2D eigenvalue weighted by molar-refractivity contribution is 0.0754. The molecule has 3 aromatic rings. The van der Waals surface area contributed by atoms with Gasteiger partial charge in [0.05, 0.1) is 11.3 Å². The number of benzene rings is 2. The molecule has 1 atom stereocenters. The van der Waals surface area contributed by atoms with E-state index < -0.39 is 0 Å². The summed E-state index contributed by atoms with van der Waals surface area (Å²) in [6, 6.07) is 20.3. The molecule has 7 heteroatoms. The number of anilines is 1. The summed E-state index contributed by atoms with van der Waals surface area (Å²) in [5.41, 5.74) is 3.83. The van der Waals surface area contributed by atoms with Gasteiger partial charge in [-0.1, -0.05) is 42.5 Å². The Morgan fingerprint density at radius 1 is 1.06 bits per heavy atom. The molecule has 0 fully saturated rings. The maximum atomic E-state index is 13.1. The molecule has 0 bridgehead atoms. The fourth-order valence-corrected chi connectivity index (χ4v) is 3.99. The van der Waals surface area contributed by atoms with Gasteiger partial charge in [0.25, 0.3) is 5.91 Å². The van der Waals surface area contributed by atoms with Crippen LogP contribution in [0.5, 0.6) is 5.75 Å². The first-order valence-electron chi connectivity index (χ1n) is 11.1. The topological polar surface area (TPSA) is 57.7 Å². The van der Waals surface area contributed by atoms with Gasteiger partial charge in [-0.25, -0.2) is 0 Å². The van der Waals surface area contributed by atoms with E-state index in [-0.39, 0.29) is 25.5 Å². The number of hydrogen-bond donors (Lipinski definition) is 1. The minimum absolute atomic E-state index is 0. The molecular formula is C26H32N4O2S. The molecule has 0 saturated heterocycles. The highest BCUT2D eigenvalue weighted by Crippen LogP contribution is 2.27. The average Bonchev–Trinajstić information content (AvgIpc) is 2.96. The predicted octanol–water partition coefficient (Wildman–Crippen LogP) is 4.02. The van der Waals surface area contributed by atoms with Crippen molar-refractivity contribution < 1.29 is 9.53 Å². The first kappa shape index (κ1) is 24.6. The van der Waals surface area contributed by atoms with Gasteiger partial charge in [-0.2, -0.15) is 13.5 Å². The molecule has 1 amide bonds. The number of nitrogens with zero attached hydrogens (tertiary/aromatic N) is 3. The second-order valence-corrected chi connectivity index (χ2v) is 8.09. The number of hydrogen-bond acceptors (Lipinski definition) is 5. The van der Waals surface area contributed by atoms with E-state index in [0.717, 1.165) is 36.5 Å². The second kappa shape index (κ2) is 11.7. The molecule has 1 aliphatic heterocycles. The lowest BCUT2D eigenvalue weighted by atomic mass is 10.1. The van der Waals surface area contributed by atoms with Crippen molar-refractivity contribution in [2.45, 2.75) is 19.1 Å². The number of nitrogens with one attached hydrogen (secondary N) is 1. The maximum absolute atomic E-state index is 13.1. The van der Waals surface area contributed by atoms with Gasteiger partial charge in [0.2, 0.25) is 0 Å². The Morgan fingerprint density at radius 3 is 2.55 bits per heavy atom. The molecule has 1 aromatic heterocycles. The lowest BCUT2D eigenvalue weighted by Gasteiger charge is -2.22. The van der Waals surface area contributed by atoms with Crippen molar-refractivity contribution in [3.63, 3.8) is 0 Å². The van der Waals surface area contributed by atoms with Crippen molar-refractivity contribution in [3.8, 4) is 5.75 Å². The van der Waals surface area contributed by atoms with Crippen LogP contribution in [0.4, 0.5) is 5.69 Å².